The lowest BCUT2D eigenvalue weighted by Crippen LogP contribution is -2.61. The summed E-state index contributed by atoms with van der Waals surface area (Å²) < 4.78 is 20.6. The molecule has 3 aliphatic heterocycles. The monoisotopic (exact) mass is 522 g/mol. The van der Waals surface area contributed by atoms with Gasteiger partial charge in [0.05, 0.1) is 12.3 Å². The summed E-state index contributed by atoms with van der Waals surface area (Å²) in [6.45, 7) is 6.68. The number of hydrogen-bond acceptors (Lipinski definition) is 5. The van der Waals surface area contributed by atoms with E-state index in [-0.39, 0.29) is 36.1 Å². The minimum Gasteiger partial charge on any atom is -0.366 e. The number of benzene rings is 2. The maximum Gasteiger partial charge on any atom is 0.256 e. The molecule has 0 aliphatic carbocycles. The number of anilines is 1. The normalized spacial score (nSPS) is 21.3. The molecule has 2 aromatic rings. The summed E-state index contributed by atoms with van der Waals surface area (Å²) in [5.41, 5.74) is 0.0993. The molecule has 202 valence electrons. The Morgan fingerprint density at radius 2 is 1.50 bits per heavy atom. The number of para-hydroxylation sites is 1. The van der Waals surface area contributed by atoms with Crippen LogP contribution >= 0.6 is 0 Å². The first-order valence-corrected chi connectivity index (χ1v) is 13.4. The molecule has 9 heteroatoms. The van der Waals surface area contributed by atoms with Crippen LogP contribution in [-0.2, 0) is 14.3 Å². The van der Waals surface area contributed by atoms with Crippen LogP contribution in [0.3, 0.4) is 0 Å². The molecule has 0 bridgehead atoms. The predicted octanol–water partition coefficient (Wildman–Crippen LogP) is 2.99. The maximum absolute atomic E-state index is 14.3. The zero-order valence-corrected chi connectivity index (χ0v) is 22.0. The first-order valence-electron chi connectivity index (χ1n) is 13.4. The van der Waals surface area contributed by atoms with Crippen molar-refractivity contribution in [3.05, 3.63) is 66.0 Å². The van der Waals surface area contributed by atoms with Gasteiger partial charge in [-0.3, -0.25) is 19.3 Å². The van der Waals surface area contributed by atoms with Gasteiger partial charge in [0.2, 0.25) is 11.8 Å². The van der Waals surface area contributed by atoms with Crippen molar-refractivity contribution in [1.29, 1.82) is 0 Å². The molecule has 38 heavy (non-hydrogen) atoms. The standard InChI is InChI=1S/C29H35FN4O4/c1-21(2)26(35)32-14-12-29(13-15-32)34(27(36)22-8-4-3-5-9-22)25(20-38-29)28(37)33-18-16-31(17-19-33)24-11-7-6-10-23(24)30/h3-11,21,25H,12-20H2,1-2H3/t25-/m1/s1. The summed E-state index contributed by atoms with van der Waals surface area (Å²) in [5, 5.41) is 0. The zero-order valence-electron chi connectivity index (χ0n) is 22.0. The van der Waals surface area contributed by atoms with E-state index >= 15 is 0 Å². The van der Waals surface area contributed by atoms with Gasteiger partial charge in [0.15, 0.2) is 0 Å². The van der Waals surface area contributed by atoms with Gasteiger partial charge in [0.1, 0.15) is 17.6 Å². The fourth-order valence-corrected chi connectivity index (χ4v) is 5.80. The summed E-state index contributed by atoms with van der Waals surface area (Å²) in [6, 6.07) is 14.9. The molecule has 0 radical (unpaired) electrons. The lowest BCUT2D eigenvalue weighted by atomic mass is 9.95. The number of ether oxygens (including phenoxy) is 1. The predicted molar refractivity (Wildman–Crippen MR) is 141 cm³/mol. The van der Waals surface area contributed by atoms with E-state index in [4.69, 9.17) is 4.74 Å². The van der Waals surface area contributed by atoms with Crippen molar-refractivity contribution >= 4 is 23.4 Å². The third-order valence-corrected chi connectivity index (χ3v) is 7.92. The fourth-order valence-electron chi connectivity index (χ4n) is 5.80. The number of carbonyl (C=O) groups is 3. The van der Waals surface area contributed by atoms with Gasteiger partial charge < -0.3 is 19.4 Å². The van der Waals surface area contributed by atoms with Crippen LogP contribution < -0.4 is 4.90 Å². The zero-order chi connectivity index (χ0) is 26.9. The Morgan fingerprint density at radius 1 is 0.868 bits per heavy atom. The number of piperazine rings is 1. The number of piperidine rings is 1. The van der Waals surface area contributed by atoms with Crippen LogP contribution in [0.15, 0.2) is 54.6 Å². The Labute approximate surface area is 222 Å². The average molecular weight is 523 g/mol. The van der Waals surface area contributed by atoms with Crippen LogP contribution in [-0.4, -0.2) is 90.1 Å². The van der Waals surface area contributed by atoms with Gasteiger partial charge in [-0.2, -0.15) is 0 Å². The van der Waals surface area contributed by atoms with E-state index in [9.17, 15) is 18.8 Å². The van der Waals surface area contributed by atoms with Crippen LogP contribution in [0.25, 0.3) is 0 Å². The lowest BCUT2D eigenvalue weighted by molar-refractivity contribution is -0.147. The van der Waals surface area contributed by atoms with Crippen molar-refractivity contribution in [3.63, 3.8) is 0 Å². The molecule has 2 aromatic carbocycles. The topological polar surface area (TPSA) is 73.4 Å². The summed E-state index contributed by atoms with van der Waals surface area (Å²) >= 11 is 0. The molecule has 3 fully saturated rings. The van der Waals surface area contributed by atoms with E-state index in [1.807, 2.05) is 29.7 Å². The number of hydrogen-bond donors (Lipinski definition) is 0. The van der Waals surface area contributed by atoms with Crippen LogP contribution in [0.1, 0.15) is 37.0 Å². The van der Waals surface area contributed by atoms with Crippen molar-refractivity contribution in [2.45, 2.75) is 38.5 Å². The summed E-state index contributed by atoms with van der Waals surface area (Å²) in [6.07, 6.45) is 0.906. The number of nitrogens with zero attached hydrogens (tertiary/aromatic N) is 4. The number of rotatable bonds is 4. The second kappa shape index (κ2) is 10.7. The number of halogens is 1. The van der Waals surface area contributed by atoms with Crippen LogP contribution in [0.5, 0.6) is 0 Å². The van der Waals surface area contributed by atoms with Gasteiger partial charge in [-0.05, 0) is 24.3 Å². The summed E-state index contributed by atoms with van der Waals surface area (Å²) in [5.74, 6) is -0.692. The third-order valence-electron chi connectivity index (χ3n) is 7.92. The highest BCUT2D eigenvalue weighted by Crippen LogP contribution is 2.39. The molecule has 0 N–H and O–H groups in total. The highest BCUT2D eigenvalue weighted by atomic mass is 19.1. The molecule has 0 aromatic heterocycles. The number of carbonyl (C=O) groups excluding carboxylic acids is 3. The number of amides is 3. The SMILES string of the molecule is CC(C)C(=O)N1CCC2(CC1)OC[C@H](C(=O)N1CCN(c3ccccc3F)CC1)N2C(=O)c1ccccc1. The van der Waals surface area contributed by atoms with E-state index in [1.54, 1.807) is 52.3 Å². The first-order chi connectivity index (χ1) is 18.3. The molecule has 3 saturated heterocycles. The van der Waals surface area contributed by atoms with Gasteiger partial charge in [-0.25, -0.2) is 4.39 Å². The lowest BCUT2D eigenvalue weighted by Gasteiger charge is -2.45. The minimum absolute atomic E-state index is 0.0825. The molecule has 0 saturated carbocycles. The Bertz CT molecular complexity index is 1170. The number of likely N-dealkylation sites (tertiary alicyclic amines) is 1. The van der Waals surface area contributed by atoms with Crippen LogP contribution in [0, 0.1) is 11.7 Å². The molecule has 3 amide bonds. The minimum atomic E-state index is -0.935. The van der Waals surface area contributed by atoms with Crippen molar-refractivity contribution in [1.82, 2.24) is 14.7 Å². The van der Waals surface area contributed by atoms with E-state index in [1.165, 1.54) is 6.07 Å². The highest BCUT2D eigenvalue weighted by Gasteiger charge is 2.55. The van der Waals surface area contributed by atoms with Crippen molar-refractivity contribution in [2.75, 3.05) is 50.8 Å². The Hall–Kier alpha value is -3.46. The van der Waals surface area contributed by atoms with Crippen LogP contribution in [0.2, 0.25) is 0 Å². The molecule has 0 unspecified atom stereocenters. The van der Waals surface area contributed by atoms with Crippen LogP contribution in [0.4, 0.5) is 10.1 Å². The Balaban J connectivity index is 1.34. The Morgan fingerprint density at radius 3 is 2.13 bits per heavy atom. The summed E-state index contributed by atoms with van der Waals surface area (Å²) in [4.78, 5) is 47.5. The largest absolute Gasteiger partial charge is 0.366 e. The molecule has 1 spiro atoms. The first kappa shape index (κ1) is 26.2. The van der Waals surface area contributed by atoms with Gasteiger partial charge in [0.25, 0.3) is 5.91 Å². The van der Waals surface area contributed by atoms with Gasteiger partial charge in [0, 0.05) is 63.6 Å². The van der Waals surface area contributed by atoms with Gasteiger partial charge >= 0.3 is 0 Å². The van der Waals surface area contributed by atoms with E-state index < -0.39 is 11.8 Å². The fraction of sp³-hybridized carbons (Fsp3) is 0.483. The molecule has 5 rings (SSSR count). The average Bonchev–Trinajstić information content (AvgIpc) is 3.31. The Kier molecular flexibility index (Phi) is 7.38. The third kappa shape index (κ3) is 4.87. The van der Waals surface area contributed by atoms with E-state index in [2.05, 4.69) is 0 Å². The smallest absolute Gasteiger partial charge is 0.256 e. The second-order valence-corrected chi connectivity index (χ2v) is 10.6. The van der Waals surface area contributed by atoms with Crippen molar-refractivity contribution in [3.8, 4) is 0 Å². The van der Waals surface area contributed by atoms with Gasteiger partial charge in [-0.1, -0.05) is 44.2 Å². The van der Waals surface area contributed by atoms with E-state index in [0.717, 1.165) is 0 Å². The van der Waals surface area contributed by atoms with E-state index in [0.29, 0.717) is 63.4 Å². The molecule has 8 nitrogen and oxygen atoms in total. The highest BCUT2D eigenvalue weighted by molar-refractivity contribution is 5.98. The quantitative estimate of drug-likeness (QED) is 0.618. The van der Waals surface area contributed by atoms with Gasteiger partial charge in [-0.15, -0.1) is 0 Å². The maximum atomic E-state index is 14.3. The molecular weight excluding hydrogens is 487 g/mol. The molecule has 1 atom stereocenters. The van der Waals surface area contributed by atoms with Crippen molar-refractivity contribution in [2.24, 2.45) is 5.92 Å². The second-order valence-electron chi connectivity index (χ2n) is 10.6. The molecule has 3 heterocycles. The summed E-state index contributed by atoms with van der Waals surface area (Å²) in [7, 11) is 0. The molecular formula is C29H35FN4O4. The molecule has 3 aliphatic rings. The van der Waals surface area contributed by atoms with Crippen molar-refractivity contribution < 1.29 is 23.5 Å².